The van der Waals surface area contributed by atoms with Crippen LogP contribution < -0.4 is 15.4 Å². The molecular formula is C16H22N2O4. The Morgan fingerprint density at radius 3 is 2.68 bits per heavy atom. The number of hydrogen-bond acceptors (Lipinski definition) is 4. The third-order valence-electron chi connectivity index (χ3n) is 3.83. The first kappa shape index (κ1) is 16.1. The topological polar surface area (TPSA) is 76.7 Å². The molecule has 120 valence electrons. The van der Waals surface area contributed by atoms with Crippen LogP contribution in [0, 0.1) is 5.41 Å². The molecule has 2 rings (SSSR count). The number of carbonyl (C=O) groups is 2. The Morgan fingerprint density at radius 2 is 2.09 bits per heavy atom. The SMILES string of the molecule is COc1ccccc1C(C)NC(=O)NC1C(=O)OCC1(C)C. The number of methoxy groups -OCH3 is 1. The van der Waals surface area contributed by atoms with Crippen LogP contribution in [0.2, 0.25) is 0 Å². The summed E-state index contributed by atoms with van der Waals surface area (Å²) in [5, 5.41) is 5.51. The van der Waals surface area contributed by atoms with Gasteiger partial charge in [-0.1, -0.05) is 32.0 Å². The maximum Gasteiger partial charge on any atom is 0.329 e. The maximum absolute atomic E-state index is 12.1. The normalized spacial score (nSPS) is 20.9. The second-order valence-corrected chi connectivity index (χ2v) is 6.11. The lowest BCUT2D eigenvalue weighted by atomic mass is 9.88. The van der Waals surface area contributed by atoms with E-state index < -0.39 is 23.5 Å². The summed E-state index contributed by atoms with van der Waals surface area (Å²) in [6.07, 6.45) is 0. The molecule has 1 saturated heterocycles. The molecule has 1 fully saturated rings. The van der Waals surface area contributed by atoms with Crippen molar-refractivity contribution in [3.8, 4) is 5.75 Å². The molecule has 0 aromatic heterocycles. The molecule has 0 saturated carbocycles. The molecule has 1 heterocycles. The number of esters is 1. The van der Waals surface area contributed by atoms with Crippen molar-refractivity contribution in [2.45, 2.75) is 32.9 Å². The number of hydrogen-bond donors (Lipinski definition) is 2. The molecule has 6 heteroatoms. The highest BCUT2D eigenvalue weighted by Gasteiger charge is 2.44. The van der Waals surface area contributed by atoms with Gasteiger partial charge >= 0.3 is 12.0 Å². The molecule has 2 atom stereocenters. The number of ether oxygens (including phenoxy) is 2. The van der Waals surface area contributed by atoms with Gasteiger partial charge in [0.25, 0.3) is 0 Å². The van der Waals surface area contributed by atoms with Crippen molar-refractivity contribution < 1.29 is 19.1 Å². The Labute approximate surface area is 130 Å². The molecule has 0 radical (unpaired) electrons. The highest BCUT2D eigenvalue weighted by Crippen LogP contribution is 2.28. The van der Waals surface area contributed by atoms with Crippen molar-refractivity contribution in [2.75, 3.05) is 13.7 Å². The number of amides is 2. The second kappa shape index (κ2) is 6.25. The Balaban J connectivity index is 2.01. The number of carbonyl (C=O) groups excluding carboxylic acids is 2. The maximum atomic E-state index is 12.1. The molecule has 6 nitrogen and oxygen atoms in total. The van der Waals surface area contributed by atoms with E-state index in [1.54, 1.807) is 7.11 Å². The van der Waals surface area contributed by atoms with Crippen LogP contribution in [-0.2, 0) is 9.53 Å². The monoisotopic (exact) mass is 306 g/mol. The zero-order valence-corrected chi connectivity index (χ0v) is 13.3. The molecule has 1 aromatic carbocycles. The highest BCUT2D eigenvalue weighted by molar-refractivity contribution is 5.85. The Bertz CT molecular complexity index is 571. The van der Waals surface area contributed by atoms with Gasteiger partial charge in [-0.25, -0.2) is 9.59 Å². The standard InChI is InChI=1S/C16H22N2O4/c1-10(11-7-5-6-8-12(11)21-4)17-15(20)18-13-14(19)22-9-16(13,2)3/h5-8,10,13H,9H2,1-4H3,(H2,17,18,20). The minimum Gasteiger partial charge on any atom is -0.496 e. The van der Waals surface area contributed by atoms with Crippen LogP contribution in [0.25, 0.3) is 0 Å². The number of para-hydroxylation sites is 1. The van der Waals surface area contributed by atoms with Crippen LogP contribution in [0.5, 0.6) is 5.75 Å². The predicted octanol–water partition coefficient (Wildman–Crippen LogP) is 2.01. The van der Waals surface area contributed by atoms with Crippen LogP contribution in [0.3, 0.4) is 0 Å². The van der Waals surface area contributed by atoms with Crippen molar-refractivity contribution in [2.24, 2.45) is 5.41 Å². The van der Waals surface area contributed by atoms with Crippen LogP contribution in [0.4, 0.5) is 4.79 Å². The molecule has 1 aliphatic heterocycles. The van der Waals surface area contributed by atoms with Gasteiger partial charge in [-0.05, 0) is 13.0 Å². The molecule has 1 aliphatic rings. The molecule has 0 bridgehead atoms. The first-order chi connectivity index (χ1) is 10.3. The largest absolute Gasteiger partial charge is 0.496 e. The summed E-state index contributed by atoms with van der Waals surface area (Å²) in [4.78, 5) is 23.8. The van der Waals surface area contributed by atoms with Gasteiger partial charge in [0, 0.05) is 11.0 Å². The molecule has 22 heavy (non-hydrogen) atoms. The predicted molar refractivity (Wildman–Crippen MR) is 81.6 cm³/mol. The lowest BCUT2D eigenvalue weighted by molar-refractivity contribution is -0.139. The van der Waals surface area contributed by atoms with E-state index in [1.807, 2.05) is 45.0 Å². The second-order valence-electron chi connectivity index (χ2n) is 6.11. The first-order valence-electron chi connectivity index (χ1n) is 7.22. The van der Waals surface area contributed by atoms with Gasteiger partial charge in [0.15, 0.2) is 0 Å². The summed E-state index contributed by atoms with van der Waals surface area (Å²) in [6.45, 7) is 5.92. The fraction of sp³-hybridized carbons (Fsp3) is 0.500. The number of cyclic esters (lactones) is 1. The van der Waals surface area contributed by atoms with Gasteiger partial charge < -0.3 is 20.1 Å². The zero-order valence-electron chi connectivity index (χ0n) is 13.3. The molecule has 1 aromatic rings. The van der Waals surface area contributed by atoms with Gasteiger partial charge in [0.1, 0.15) is 11.8 Å². The zero-order chi connectivity index (χ0) is 16.3. The smallest absolute Gasteiger partial charge is 0.329 e. The first-order valence-corrected chi connectivity index (χ1v) is 7.22. The van der Waals surface area contributed by atoms with E-state index in [1.165, 1.54) is 0 Å². The van der Waals surface area contributed by atoms with Crippen LogP contribution in [0.1, 0.15) is 32.4 Å². The quantitative estimate of drug-likeness (QED) is 0.834. The summed E-state index contributed by atoms with van der Waals surface area (Å²) in [6, 6.07) is 6.17. The van der Waals surface area contributed by atoms with Crippen LogP contribution >= 0.6 is 0 Å². The van der Waals surface area contributed by atoms with Gasteiger partial charge in [-0.15, -0.1) is 0 Å². The molecule has 2 amide bonds. The highest BCUT2D eigenvalue weighted by atomic mass is 16.5. The molecule has 2 N–H and O–H groups in total. The fourth-order valence-electron chi connectivity index (χ4n) is 2.47. The summed E-state index contributed by atoms with van der Waals surface area (Å²) in [5.74, 6) is 0.306. The third kappa shape index (κ3) is 3.32. The Morgan fingerprint density at radius 1 is 1.41 bits per heavy atom. The van der Waals surface area contributed by atoms with E-state index in [9.17, 15) is 9.59 Å². The minimum absolute atomic E-state index is 0.253. The van der Waals surface area contributed by atoms with E-state index >= 15 is 0 Å². The van der Waals surface area contributed by atoms with Crippen molar-refractivity contribution in [3.05, 3.63) is 29.8 Å². The average molecular weight is 306 g/mol. The summed E-state index contributed by atoms with van der Waals surface area (Å²) < 4.78 is 10.3. The summed E-state index contributed by atoms with van der Waals surface area (Å²) >= 11 is 0. The molecule has 2 unspecified atom stereocenters. The lowest BCUT2D eigenvalue weighted by Gasteiger charge is -2.24. The van der Waals surface area contributed by atoms with E-state index in [-0.39, 0.29) is 6.04 Å². The van der Waals surface area contributed by atoms with Crippen molar-refractivity contribution in [1.82, 2.24) is 10.6 Å². The van der Waals surface area contributed by atoms with Gasteiger partial charge in [-0.3, -0.25) is 0 Å². The average Bonchev–Trinajstić information content (AvgIpc) is 2.74. The van der Waals surface area contributed by atoms with Gasteiger partial charge in [0.2, 0.25) is 0 Å². The third-order valence-corrected chi connectivity index (χ3v) is 3.83. The van der Waals surface area contributed by atoms with E-state index in [0.717, 1.165) is 5.56 Å². The number of nitrogens with one attached hydrogen (secondary N) is 2. The fourth-order valence-corrected chi connectivity index (χ4v) is 2.47. The number of rotatable bonds is 4. The molecule has 0 aliphatic carbocycles. The summed E-state index contributed by atoms with van der Waals surface area (Å²) in [5.41, 5.74) is 0.454. The van der Waals surface area contributed by atoms with Crippen molar-refractivity contribution >= 4 is 12.0 Å². The van der Waals surface area contributed by atoms with Gasteiger partial charge in [-0.2, -0.15) is 0 Å². The van der Waals surface area contributed by atoms with Crippen LogP contribution in [-0.4, -0.2) is 31.8 Å². The van der Waals surface area contributed by atoms with E-state index in [0.29, 0.717) is 12.4 Å². The molecule has 0 spiro atoms. The summed E-state index contributed by atoms with van der Waals surface area (Å²) in [7, 11) is 1.59. The molecular weight excluding hydrogens is 284 g/mol. The number of benzene rings is 1. The minimum atomic E-state index is -0.641. The number of urea groups is 1. The Hall–Kier alpha value is -2.24. The lowest BCUT2D eigenvalue weighted by Crippen LogP contribution is -2.50. The van der Waals surface area contributed by atoms with Crippen molar-refractivity contribution in [3.63, 3.8) is 0 Å². The van der Waals surface area contributed by atoms with E-state index in [4.69, 9.17) is 9.47 Å². The Kier molecular flexibility index (Phi) is 4.59. The van der Waals surface area contributed by atoms with Gasteiger partial charge in [0.05, 0.1) is 19.8 Å². The van der Waals surface area contributed by atoms with Crippen molar-refractivity contribution in [1.29, 1.82) is 0 Å². The van der Waals surface area contributed by atoms with Crippen LogP contribution in [0.15, 0.2) is 24.3 Å². The van der Waals surface area contributed by atoms with E-state index in [2.05, 4.69) is 10.6 Å².